The third kappa shape index (κ3) is 3.11. The lowest BCUT2D eigenvalue weighted by Crippen LogP contribution is -2.04. The zero-order chi connectivity index (χ0) is 13.1. The second-order valence-electron chi connectivity index (χ2n) is 3.76. The van der Waals surface area contributed by atoms with E-state index in [0.29, 0.717) is 5.13 Å². The van der Waals surface area contributed by atoms with Crippen LogP contribution in [0.5, 0.6) is 0 Å². The molecule has 2 heterocycles. The van der Waals surface area contributed by atoms with E-state index in [4.69, 9.17) is 4.52 Å². The standard InChI is InChI=1S/C11H13N3O2S2/c1-6-9(7(2)16-14-6)5-17-10-4-12-11(18-10)13-8(3)15/h4H,5H2,1-3H3,(H,12,13,15). The maximum Gasteiger partial charge on any atom is 0.223 e. The number of carbonyl (C=O) groups excluding carboxylic acids is 1. The van der Waals surface area contributed by atoms with Gasteiger partial charge in [-0.25, -0.2) is 4.98 Å². The highest BCUT2D eigenvalue weighted by Crippen LogP contribution is 2.32. The highest BCUT2D eigenvalue weighted by molar-refractivity contribution is 8.00. The molecule has 0 saturated carbocycles. The van der Waals surface area contributed by atoms with E-state index in [9.17, 15) is 4.79 Å². The number of nitrogens with zero attached hydrogens (tertiary/aromatic N) is 2. The first-order valence-electron chi connectivity index (χ1n) is 5.34. The molecule has 0 unspecified atom stereocenters. The number of amides is 1. The Kier molecular flexibility index (Phi) is 4.03. The second kappa shape index (κ2) is 5.53. The molecule has 1 N–H and O–H groups in total. The van der Waals surface area contributed by atoms with Gasteiger partial charge < -0.3 is 9.84 Å². The fourth-order valence-corrected chi connectivity index (χ4v) is 3.46. The third-order valence-corrected chi connectivity index (χ3v) is 4.44. The lowest BCUT2D eigenvalue weighted by atomic mass is 10.2. The van der Waals surface area contributed by atoms with Crippen molar-refractivity contribution in [3.63, 3.8) is 0 Å². The Labute approximate surface area is 113 Å². The molecule has 0 aromatic carbocycles. The Hall–Kier alpha value is -1.34. The molecule has 0 bridgehead atoms. The van der Waals surface area contributed by atoms with E-state index in [1.165, 1.54) is 18.3 Å². The van der Waals surface area contributed by atoms with Crippen molar-refractivity contribution in [3.8, 4) is 0 Å². The van der Waals surface area contributed by atoms with Crippen molar-refractivity contribution in [1.29, 1.82) is 0 Å². The van der Waals surface area contributed by atoms with Crippen LogP contribution in [0.4, 0.5) is 5.13 Å². The summed E-state index contributed by atoms with van der Waals surface area (Å²) in [4.78, 5) is 15.0. The van der Waals surface area contributed by atoms with Crippen molar-refractivity contribution in [2.75, 3.05) is 5.32 Å². The molecule has 5 nitrogen and oxygen atoms in total. The summed E-state index contributed by atoms with van der Waals surface area (Å²) in [6, 6.07) is 0. The van der Waals surface area contributed by atoms with Gasteiger partial charge in [0.2, 0.25) is 5.91 Å². The predicted molar refractivity (Wildman–Crippen MR) is 72.0 cm³/mol. The lowest BCUT2D eigenvalue weighted by Gasteiger charge is -1.97. The van der Waals surface area contributed by atoms with Crippen LogP contribution < -0.4 is 5.32 Å². The summed E-state index contributed by atoms with van der Waals surface area (Å²) in [6.07, 6.45) is 1.76. The van der Waals surface area contributed by atoms with Crippen molar-refractivity contribution in [1.82, 2.24) is 10.1 Å². The molecule has 0 fully saturated rings. The Bertz CT molecular complexity index is 543. The van der Waals surface area contributed by atoms with Crippen molar-refractivity contribution in [2.24, 2.45) is 0 Å². The first kappa shape index (κ1) is 13.1. The van der Waals surface area contributed by atoms with E-state index in [1.807, 2.05) is 13.8 Å². The van der Waals surface area contributed by atoms with Gasteiger partial charge in [-0.05, 0) is 13.8 Å². The number of carbonyl (C=O) groups is 1. The smallest absolute Gasteiger partial charge is 0.223 e. The van der Waals surface area contributed by atoms with Gasteiger partial charge >= 0.3 is 0 Å². The molecule has 0 atom stereocenters. The fourth-order valence-electron chi connectivity index (χ4n) is 1.39. The number of hydrogen-bond donors (Lipinski definition) is 1. The summed E-state index contributed by atoms with van der Waals surface area (Å²) in [5, 5.41) is 7.21. The number of thiazole rings is 1. The van der Waals surface area contributed by atoms with E-state index in [0.717, 1.165) is 27.0 Å². The molecule has 2 rings (SSSR count). The number of hydrogen-bond acceptors (Lipinski definition) is 6. The monoisotopic (exact) mass is 283 g/mol. The Morgan fingerprint density at radius 3 is 2.94 bits per heavy atom. The zero-order valence-electron chi connectivity index (χ0n) is 10.3. The Morgan fingerprint density at radius 2 is 2.33 bits per heavy atom. The van der Waals surface area contributed by atoms with E-state index >= 15 is 0 Å². The summed E-state index contributed by atoms with van der Waals surface area (Å²) in [6.45, 7) is 5.31. The molecule has 2 aromatic heterocycles. The maximum absolute atomic E-state index is 10.9. The molecule has 0 radical (unpaired) electrons. The molecule has 96 valence electrons. The summed E-state index contributed by atoms with van der Waals surface area (Å²) in [7, 11) is 0. The average Bonchev–Trinajstić information content (AvgIpc) is 2.84. The number of anilines is 1. The van der Waals surface area contributed by atoms with Crippen LogP contribution in [0, 0.1) is 13.8 Å². The van der Waals surface area contributed by atoms with Gasteiger partial charge in [-0.3, -0.25) is 4.79 Å². The van der Waals surface area contributed by atoms with Crippen molar-refractivity contribution in [2.45, 2.75) is 30.7 Å². The molecule has 7 heteroatoms. The van der Waals surface area contributed by atoms with Gasteiger partial charge in [0.15, 0.2) is 5.13 Å². The van der Waals surface area contributed by atoms with E-state index in [-0.39, 0.29) is 5.91 Å². The van der Waals surface area contributed by atoms with Crippen molar-refractivity contribution in [3.05, 3.63) is 23.2 Å². The van der Waals surface area contributed by atoms with Crippen molar-refractivity contribution >= 4 is 34.1 Å². The van der Waals surface area contributed by atoms with Crippen LogP contribution in [-0.2, 0) is 10.5 Å². The van der Waals surface area contributed by atoms with Crippen LogP contribution in [-0.4, -0.2) is 16.0 Å². The molecular weight excluding hydrogens is 270 g/mol. The van der Waals surface area contributed by atoms with Crippen LogP contribution in [0.15, 0.2) is 14.9 Å². The molecule has 2 aromatic rings. The zero-order valence-corrected chi connectivity index (χ0v) is 11.9. The quantitative estimate of drug-likeness (QED) is 0.874. The minimum atomic E-state index is -0.105. The van der Waals surface area contributed by atoms with Crippen LogP contribution in [0.2, 0.25) is 0 Å². The van der Waals surface area contributed by atoms with Gasteiger partial charge in [0.05, 0.1) is 16.1 Å². The van der Waals surface area contributed by atoms with E-state index < -0.39 is 0 Å². The second-order valence-corrected chi connectivity index (χ2v) is 6.06. The van der Waals surface area contributed by atoms with Gasteiger partial charge in [0.25, 0.3) is 0 Å². The highest BCUT2D eigenvalue weighted by Gasteiger charge is 2.10. The number of aryl methyl sites for hydroxylation is 2. The van der Waals surface area contributed by atoms with Gasteiger partial charge in [-0.15, -0.1) is 11.8 Å². The van der Waals surface area contributed by atoms with E-state index in [1.54, 1.807) is 18.0 Å². The van der Waals surface area contributed by atoms with Crippen LogP contribution in [0.3, 0.4) is 0 Å². The van der Waals surface area contributed by atoms with Crippen LogP contribution in [0.1, 0.15) is 23.9 Å². The lowest BCUT2D eigenvalue weighted by molar-refractivity contribution is -0.114. The molecule has 0 spiro atoms. The molecule has 1 amide bonds. The number of aromatic nitrogens is 2. The molecule has 0 saturated heterocycles. The Morgan fingerprint density at radius 1 is 1.56 bits per heavy atom. The number of nitrogens with one attached hydrogen (secondary N) is 1. The third-order valence-electron chi connectivity index (χ3n) is 2.31. The molecule has 0 aliphatic heterocycles. The molecule has 18 heavy (non-hydrogen) atoms. The molecular formula is C11H13N3O2S2. The van der Waals surface area contributed by atoms with Crippen molar-refractivity contribution < 1.29 is 9.32 Å². The number of thioether (sulfide) groups is 1. The molecule has 0 aliphatic carbocycles. The summed E-state index contributed by atoms with van der Waals surface area (Å²) >= 11 is 3.12. The summed E-state index contributed by atoms with van der Waals surface area (Å²) < 4.78 is 6.16. The van der Waals surface area contributed by atoms with Gasteiger partial charge in [0.1, 0.15) is 5.76 Å². The van der Waals surface area contributed by atoms with Crippen LogP contribution in [0.25, 0.3) is 0 Å². The average molecular weight is 283 g/mol. The minimum Gasteiger partial charge on any atom is -0.361 e. The normalized spacial score (nSPS) is 10.6. The maximum atomic E-state index is 10.9. The van der Waals surface area contributed by atoms with Crippen LogP contribution >= 0.6 is 23.1 Å². The largest absolute Gasteiger partial charge is 0.361 e. The van der Waals surface area contributed by atoms with E-state index in [2.05, 4.69) is 15.5 Å². The van der Waals surface area contributed by atoms with Gasteiger partial charge in [-0.2, -0.15) is 0 Å². The predicted octanol–water partition coefficient (Wildman–Crippen LogP) is 3.00. The van der Waals surface area contributed by atoms with Gasteiger partial charge in [0, 0.05) is 18.2 Å². The molecule has 0 aliphatic rings. The fraction of sp³-hybridized carbons (Fsp3) is 0.364. The first-order chi connectivity index (χ1) is 8.56. The summed E-state index contributed by atoms with van der Waals surface area (Å²) in [5.74, 6) is 1.54. The highest BCUT2D eigenvalue weighted by atomic mass is 32.2. The Balaban J connectivity index is 1.98. The SMILES string of the molecule is CC(=O)Nc1ncc(SCc2c(C)noc2C)s1. The topological polar surface area (TPSA) is 68.0 Å². The summed E-state index contributed by atoms with van der Waals surface area (Å²) in [5.41, 5.74) is 2.04. The minimum absolute atomic E-state index is 0.105. The number of rotatable bonds is 4. The van der Waals surface area contributed by atoms with Gasteiger partial charge in [-0.1, -0.05) is 16.5 Å². The first-order valence-corrected chi connectivity index (χ1v) is 7.14.